The van der Waals surface area contributed by atoms with Crippen molar-refractivity contribution < 1.29 is 19.7 Å². The van der Waals surface area contributed by atoms with Crippen molar-refractivity contribution in [1.82, 2.24) is 0 Å². The summed E-state index contributed by atoms with van der Waals surface area (Å²) in [6.45, 7) is 0.326. The van der Waals surface area contributed by atoms with Crippen molar-refractivity contribution in [2.75, 3.05) is 6.61 Å². The van der Waals surface area contributed by atoms with Crippen LogP contribution in [0.5, 0.6) is 11.5 Å². The summed E-state index contributed by atoms with van der Waals surface area (Å²) in [6, 6.07) is 14.1. The molecule has 0 bridgehead atoms. The number of benzene rings is 2. The molecular formula is C16H16O4. The smallest absolute Gasteiger partial charge is 0.310 e. The Hall–Kier alpha value is -2.49. The number of hydrogen-bond acceptors (Lipinski definition) is 4. The second-order valence-electron chi connectivity index (χ2n) is 4.46. The van der Waals surface area contributed by atoms with Crippen LogP contribution >= 0.6 is 0 Å². The molecule has 0 aromatic heterocycles. The first kappa shape index (κ1) is 13.9. The SMILES string of the molecule is O=C(Cc1ccc(O)c(O)c1)OCCc1ccccc1. The van der Waals surface area contributed by atoms with Crippen molar-refractivity contribution in [3.63, 3.8) is 0 Å². The molecule has 104 valence electrons. The first-order valence-corrected chi connectivity index (χ1v) is 6.35. The van der Waals surface area contributed by atoms with Crippen LogP contribution in [0.3, 0.4) is 0 Å². The Morgan fingerprint density at radius 2 is 1.70 bits per heavy atom. The van der Waals surface area contributed by atoms with Crippen LogP contribution in [0, 0.1) is 0 Å². The number of ether oxygens (including phenoxy) is 1. The fourth-order valence-electron chi connectivity index (χ4n) is 1.82. The van der Waals surface area contributed by atoms with Gasteiger partial charge in [0.05, 0.1) is 13.0 Å². The molecule has 0 heterocycles. The summed E-state index contributed by atoms with van der Waals surface area (Å²) in [5, 5.41) is 18.5. The number of phenols is 2. The van der Waals surface area contributed by atoms with Crippen LogP contribution in [0.2, 0.25) is 0 Å². The van der Waals surface area contributed by atoms with Gasteiger partial charge in [0.2, 0.25) is 0 Å². The van der Waals surface area contributed by atoms with Gasteiger partial charge in [-0.15, -0.1) is 0 Å². The molecule has 2 rings (SSSR count). The number of carbonyl (C=O) groups excluding carboxylic acids is 1. The third-order valence-corrected chi connectivity index (χ3v) is 2.88. The lowest BCUT2D eigenvalue weighted by Crippen LogP contribution is -2.10. The lowest BCUT2D eigenvalue weighted by atomic mass is 10.1. The molecule has 4 heteroatoms. The molecule has 4 nitrogen and oxygen atoms in total. The molecule has 2 aromatic rings. The van der Waals surface area contributed by atoms with Crippen molar-refractivity contribution >= 4 is 5.97 Å². The largest absolute Gasteiger partial charge is 0.504 e. The van der Waals surface area contributed by atoms with Gasteiger partial charge in [0.25, 0.3) is 0 Å². The summed E-state index contributed by atoms with van der Waals surface area (Å²) in [7, 11) is 0. The number of aromatic hydroxyl groups is 2. The highest BCUT2D eigenvalue weighted by molar-refractivity contribution is 5.72. The van der Waals surface area contributed by atoms with Crippen molar-refractivity contribution in [3.05, 3.63) is 59.7 Å². The first-order chi connectivity index (χ1) is 9.65. The molecule has 2 N–H and O–H groups in total. The highest BCUT2D eigenvalue weighted by atomic mass is 16.5. The average molecular weight is 272 g/mol. The van der Waals surface area contributed by atoms with Crippen LogP contribution in [-0.2, 0) is 22.4 Å². The van der Waals surface area contributed by atoms with Gasteiger partial charge in [-0.25, -0.2) is 0 Å². The van der Waals surface area contributed by atoms with Gasteiger partial charge in [-0.1, -0.05) is 36.4 Å². The van der Waals surface area contributed by atoms with Gasteiger partial charge in [-0.05, 0) is 23.3 Å². The van der Waals surface area contributed by atoms with Crippen LogP contribution in [0.15, 0.2) is 48.5 Å². The van der Waals surface area contributed by atoms with E-state index >= 15 is 0 Å². The minimum absolute atomic E-state index is 0.0721. The van der Waals surface area contributed by atoms with Crippen LogP contribution in [0.25, 0.3) is 0 Å². The maximum atomic E-state index is 11.6. The zero-order chi connectivity index (χ0) is 14.4. The molecule has 0 aliphatic heterocycles. The minimum atomic E-state index is -0.356. The van der Waals surface area contributed by atoms with Gasteiger partial charge in [0.15, 0.2) is 11.5 Å². The Labute approximate surface area is 117 Å². The predicted octanol–water partition coefficient (Wildman–Crippen LogP) is 2.43. The van der Waals surface area contributed by atoms with Gasteiger partial charge >= 0.3 is 5.97 Å². The second kappa shape index (κ2) is 6.61. The predicted molar refractivity (Wildman–Crippen MR) is 74.6 cm³/mol. The summed E-state index contributed by atoms with van der Waals surface area (Å²) < 4.78 is 5.14. The van der Waals surface area contributed by atoms with E-state index in [4.69, 9.17) is 4.74 Å². The third kappa shape index (κ3) is 4.02. The lowest BCUT2D eigenvalue weighted by molar-refractivity contribution is -0.142. The number of hydrogen-bond donors (Lipinski definition) is 2. The zero-order valence-corrected chi connectivity index (χ0v) is 11.0. The van der Waals surface area contributed by atoms with E-state index in [1.807, 2.05) is 30.3 Å². The van der Waals surface area contributed by atoms with Gasteiger partial charge < -0.3 is 14.9 Å². The van der Waals surface area contributed by atoms with Crippen LogP contribution in [0.4, 0.5) is 0 Å². The second-order valence-corrected chi connectivity index (χ2v) is 4.46. The monoisotopic (exact) mass is 272 g/mol. The van der Waals surface area contributed by atoms with E-state index in [1.165, 1.54) is 12.1 Å². The summed E-state index contributed by atoms with van der Waals surface area (Å²) in [4.78, 5) is 11.6. The van der Waals surface area contributed by atoms with Crippen molar-refractivity contribution in [2.45, 2.75) is 12.8 Å². The van der Waals surface area contributed by atoms with E-state index < -0.39 is 0 Å². The third-order valence-electron chi connectivity index (χ3n) is 2.88. The first-order valence-electron chi connectivity index (χ1n) is 6.35. The molecule has 0 saturated heterocycles. The van der Waals surface area contributed by atoms with Gasteiger partial charge in [-0.3, -0.25) is 4.79 Å². The molecule has 0 saturated carbocycles. The average Bonchev–Trinajstić information content (AvgIpc) is 2.44. The molecule has 0 spiro atoms. The number of phenolic OH excluding ortho intramolecular Hbond substituents is 2. The maximum absolute atomic E-state index is 11.6. The van der Waals surface area contributed by atoms with E-state index in [9.17, 15) is 15.0 Å². The minimum Gasteiger partial charge on any atom is -0.504 e. The summed E-state index contributed by atoms with van der Waals surface area (Å²) >= 11 is 0. The highest BCUT2D eigenvalue weighted by Gasteiger charge is 2.07. The molecule has 0 amide bonds. The van der Waals surface area contributed by atoms with Crippen LogP contribution in [-0.4, -0.2) is 22.8 Å². The van der Waals surface area contributed by atoms with Crippen molar-refractivity contribution in [2.24, 2.45) is 0 Å². The summed E-state index contributed by atoms with van der Waals surface area (Å²) in [5.74, 6) is -0.795. The van der Waals surface area contributed by atoms with Gasteiger partial charge in [0.1, 0.15) is 0 Å². The van der Waals surface area contributed by atoms with Crippen molar-refractivity contribution in [3.8, 4) is 11.5 Å². The molecule has 2 aromatic carbocycles. The molecule has 0 aliphatic rings. The Kier molecular flexibility index (Phi) is 4.60. The summed E-state index contributed by atoms with van der Waals surface area (Å²) in [5.41, 5.74) is 1.72. The topological polar surface area (TPSA) is 66.8 Å². The molecule has 0 aliphatic carbocycles. The molecule has 0 fully saturated rings. The molecule has 0 atom stereocenters. The molecule has 20 heavy (non-hydrogen) atoms. The Bertz CT molecular complexity index is 578. The van der Waals surface area contributed by atoms with Crippen molar-refractivity contribution in [1.29, 1.82) is 0 Å². The van der Waals surface area contributed by atoms with E-state index in [2.05, 4.69) is 0 Å². The Morgan fingerprint density at radius 3 is 2.40 bits per heavy atom. The molecule has 0 radical (unpaired) electrons. The van der Waals surface area contributed by atoms with Gasteiger partial charge in [-0.2, -0.15) is 0 Å². The standard InChI is InChI=1S/C16H16O4/c17-14-7-6-13(10-15(14)18)11-16(19)20-9-8-12-4-2-1-3-5-12/h1-7,10,17-18H,8-9,11H2. The number of carbonyl (C=O) groups is 1. The molecular weight excluding hydrogens is 256 g/mol. The lowest BCUT2D eigenvalue weighted by Gasteiger charge is -2.06. The normalized spacial score (nSPS) is 10.2. The highest BCUT2D eigenvalue weighted by Crippen LogP contribution is 2.25. The summed E-state index contributed by atoms with van der Waals surface area (Å²) in [6.07, 6.45) is 0.746. The molecule has 0 unspecified atom stereocenters. The Morgan fingerprint density at radius 1 is 0.950 bits per heavy atom. The van der Waals surface area contributed by atoms with Gasteiger partial charge in [0, 0.05) is 6.42 Å². The van der Waals surface area contributed by atoms with Crippen LogP contribution < -0.4 is 0 Å². The Balaban J connectivity index is 1.79. The number of esters is 1. The van der Waals surface area contributed by atoms with E-state index in [1.54, 1.807) is 6.07 Å². The fraction of sp³-hybridized carbons (Fsp3) is 0.188. The van der Waals surface area contributed by atoms with E-state index in [-0.39, 0.29) is 23.9 Å². The maximum Gasteiger partial charge on any atom is 0.310 e. The van der Waals surface area contributed by atoms with Crippen LogP contribution in [0.1, 0.15) is 11.1 Å². The fourth-order valence-corrected chi connectivity index (χ4v) is 1.82. The number of rotatable bonds is 5. The van der Waals surface area contributed by atoms with E-state index in [0.29, 0.717) is 18.6 Å². The zero-order valence-electron chi connectivity index (χ0n) is 11.0. The van der Waals surface area contributed by atoms with E-state index in [0.717, 1.165) is 5.56 Å². The quantitative estimate of drug-likeness (QED) is 0.648.